The van der Waals surface area contributed by atoms with Crippen LogP contribution in [-0.4, -0.2) is 29.7 Å². The van der Waals surface area contributed by atoms with Crippen molar-refractivity contribution in [2.24, 2.45) is 0 Å². The smallest absolute Gasteiger partial charge is 0.0482 e. The molecule has 0 fully saturated rings. The lowest BCUT2D eigenvalue weighted by molar-refractivity contribution is 0.623. The molecule has 7 rings (SSSR count). The summed E-state index contributed by atoms with van der Waals surface area (Å²) < 4.78 is 2.32. The van der Waals surface area contributed by atoms with Gasteiger partial charge in [-0.15, -0.1) is 0 Å². The van der Waals surface area contributed by atoms with E-state index >= 15 is 0 Å². The number of benzene rings is 4. The van der Waals surface area contributed by atoms with E-state index in [1.54, 1.807) is 0 Å². The number of rotatable bonds is 7. The normalized spacial score (nSPS) is 13.6. The molecule has 0 spiro atoms. The standard InChI is InChI=1S/C14H21N.C14H19N.C13H19N.C12H18/c2*1-10(2)12-5-6-14-13(9-12)7-8-15(14)11(3)4;1-10(2)14-8-4-5-12-9-11(3)6-7-13(12)14;1-9(2)11-5-7-12(8-6-11)10(3)4/h5-6,9-11H,7-8H2,1-4H3;5-11H,1-4H3;6-7,9-10H,4-5,8H2,1-3H3;5-10H,1-4H3. The zero-order valence-electron chi connectivity index (χ0n) is 38.1. The molecule has 0 bridgehead atoms. The fraction of sp³-hybridized carbons (Fsp3) is 0.509. The van der Waals surface area contributed by atoms with Crippen molar-refractivity contribution in [1.29, 1.82) is 0 Å². The van der Waals surface area contributed by atoms with Crippen molar-refractivity contribution >= 4 is 22.3 Å². The molecule has 2 aliphatic rings. The van der Waals surface area contributed by atoms with E-state index in [2.05, 4.69) is 209 Å². The van der Waals surface area contributed by atoms with Crippen molar-refractivity contribution in [3.8, 4) is 0 Å². The molecule has 4 aromatic carbocycles. The third-order valence-electron chi connectivity index (χ3n) is 11.6. The summed E-state index contributed by atoms with van der Waals surface area (Å²) >= 11 is 0. The van der Waals surface area contributed by atoms with Gasteiger partial charge in [0.1, 0.15) is 0 Å². The summed E-state index contributed by atoms with van der Waals surface area (Å²) in [6, 6.07) is 33.5. The van der Waals surface area contributed by atoms with Crippen molar-refractivity contribution in [3.63, 3.8) is 0 Å². The van der Waals surface area contributed by atoms with Crippen LogP contribution in [0.1, 0.15) is 172 Å². The number of aromatic nitrogens is 1. The topological polar surface area (TPSA) is 11.4 Å². The maximum atomic E-state index is 2.51. The molecule has 3 heterocycles. The van der Waals surface area contributed by atoms with Crippen molar-refractivity contribution in [3.05, 3.63) is 130 Å². The molecule has 0 unspecified atom stereocenters. The molecule has 1 aromatic heterocycles. The number of hydrogen-bond donors (Lipinski definition) is 0. The van der Waals surface area contributed by atoms with Crippen LogP contribution >= 0.6 is 0 Å². The van der Waals surface area contributed by atoms with Crippen molar-refractivity contribution < 1.29 is 0 Å². The Kier molecular flexibility index (Phi) is 16.3. The highest BCUT2D eigenvalue weighted by Gasteiger charge is 2.21. The Morgan fingerprint density at radius 3 is 1.41 bits per heavy atom. The number of fused-ring (bicyclic) bond motifs is 3. The Labute approximate surface area is 343 Å². The van der Waals surface area contributed by atoms with Gasteiger partial charge in [0.2, 0.25) is 0 Å². The average molecular weight is 756 g/mol. The van der Waals surface area contributed by atoms with Gasteiger partial charge in [-0.05, 0) is 160 Å². The van der Waals surface area contributed by atoms with Gasteiger partial charge in [0, 0.05) is 54.3 Å². The van der Waals surface area contributed by atoms with E-state index in [1.807, 2.05) is 0 Å². The Bertz CT molecular complexity index is 1910. The number of nitrogens with zero attached hydrogens (tertiary/aromatic N) is 3. The highest BCUT2D eigenvalue weighted by molar-refractivity contribution is 5.81. The van der Waals surface area contributed by atoms with E-state index in [4.69, 9.17) is 0 Å². The zero-order valence-corrected chi connectivity index (χ0v) is 38.1. The van der Waals surface area contributed by atoms with E-state index in [0.717, 1.165) is 0 Å². The molecule has 0 aliphatic carbocycles. The maximum absolute atomic E-state index is 2.51. The summed E-state index contributed by atoms with van der Waals surface area (Å²) in [5.41, 5.74) is 14.5. The van der Waals surface area contributed by atoms with E-state index in [9.17, 15) is 0 Å². The Morgan fingerprint density at radius 2 is 0.893 bits per heavy atom. The Morgan fingerprint density at radius 1 is 0.429 bits per heavy atom. The van der Waals surface area contributed by atoms with Gasteiger partial charge in [0.05, 0.1) is 0 Å². The first kappa shape index (κ1) is 44.7. The third-order valence-corrected chi connectivity index (χ3v) is 11.6. The van der Waals surface area contributed by atoms with Crippen LogP contribution in [0.15, 0.2) is 91.1 Å². The predicted molar refractivity (Wildman–Crippen MR) is 250 cm³/mol. The van der Waals surface area contributed by atoms with Gasteiger partial charge in [-0.25, -0.2) is 0 Å². The largest absolute Gasteiger partial charge is 0.369 e. The molecule has 0 radical (unpaired) electrons. The average Bonchev–Trinajstić information content (AvgIpc) is 3.79. The van der Waals surface area contributed by atoms with Gasteiger partial charge in [-0.1, -0.05) is 116 Å². The second kappa shape index (κ2) is 20.4. The molecule has 304 valence electrons. The fourth-order valence-electron chi connectivity index (χ4n) is 7.89. The second-order valence-electron chi connectivity index (χ2n) is 18.4. The van der Waals surface area contributed by atoms with Crippen LogP contribution in [0.4, 0.5) is 11.4 Å². The molecule has 5 aromatic rings. The number of aryl methyl sites for hydroxylation is 2. The first-order chi connectivity index (χ1) is 26.5. The molecule has 2 aliphatic heterocycles. The highest BCUT2D eigenvalue weighted by Crippen LogP contribution is 2.32. The van der Waals surface area contributed by atoms with Gasteiger partial charge < -0.3 is 14.4 Å². The monoisotopic (exact) mass is 756 g/mol. The van der Waals surface area contributed by atoms with Crippen molar-refractivity contribution in [2.45, 2.75) is 165 Å². The SMILES string of the molecule is CC(C)c1ccc(C(C)C)cc1.CC(C)c1ccc2c(c1)CCN2C(C)C.CC(C)c1ccc2c(ccn2C(C)C)c1.Cc1ccc2c(c1)CCCN2C(C)C. The van der Waals surface area contributed by atoms with Crippen molar-refractivity contribution in [2.75, 3.05) is 22.9 Å². The second-order valence-corrected chi connectivity index (χ2v) is 18.4. The molecule has 3 heteroatoms. The van der Waals surface area contributed by atoms with Gasteiger partial charge in [0.15, 0.2) is 0 Å². The van der Waals surface area contributed by atoms with E-state index in [1.165, 1.54) is 93.6 Å². The molecule has 0 saturated carbocycles. The lowest BCUT2D eigenvalue weighted by Gasteiger charge is -2.34. The van der Waals surface area contributed by atoms with Crippen LogP contribution in [0, 0.1) is 6.92 Å². The molecule has 0 atom stereocenters. The minimum atomic E-state index is 0.535. The minimum Gasteiger partial charge on any atom is -0.369 e. The number of anilines is 2. The first-order valence-electron chi connectivity index (χ1n) is 21.9. The van der Waals surface area contributed by atoms with E-state index in [-0.39, 0.29) is 0 Å². The fourth-order valence-corrected chi connectivity index (χ4v) is 7.89. The molecule has 0 amide bonds. The molecule has 56 heavy (non-hydrogen) atoms. The number of hydrogen-bond acceptors (Lipinski definition) is 2. The van der Waals surface area contributed by atoms with Crippen LogP contribution in [0.2, 0.25) is 0 Å². The molecular formula is C53H77N3. The van der Waals surface area contributed by atoms with Crippen LogP contribution in [0.25, 0.3) is 10.9 Å². The third kappa shape index (κ3) is 11.8. The maximum Gasteiger partial charge on any atom is 0.0482 e. The predicted octanol–water partition coefficient (Wildman–Crippen LogP) is 15.0. The summed E-state index contributed by atoms with van der Waals surface area (Å²) in [7, 11) is 0. The minimum absolute atomic E-state index is 0.535. The van der Waals surface area contributed by atoms with Gasteiger partial charge >= 0.3 is 0 Å². The summed E-state index contributed by atoms with van der Waals surface area (Å²) in [4.78, 5) is 5.01. The van der Waals surface area contributed by atoms with Crippen LogP contribution in [0.5, 0.6) is 0 Å². The lowest BCUT2D eigenvalue weighted by Crippen LogP contribution is -2.35. The van der Waals surface area contributed by atoms with Crippen molar-refractivity contribution in [1.82, 2.24) is 4.57 Å². The summed E-state index contributed by atoms with van der Waals surface area (Å²) in [6.45, 7) is 36.0. The van der Waals surface area contributed by atoms with Gasteiger partial charge in [0.25, 0.3) is 0 Å². The Hall–Kier alpha value is -3.98. The zero-order chi connectivity index (χ0) is 41.3. The summed E-state index contributed by atoms with van der Waals surface area (Å²) in [6.07, 6.45) is 5.95. The van der Waals surface area contributed by atoms with Crippen LogP contribution < -0.4 is 9.80 Å². The van der Waals surface area contributed by atoms with E-state index < -0.39 is 0 Å². The quantitative estimate of drug-likeness (QED) is 0.164. The molecule has 3 nitrogen and oxygen atoms in total. The molecule has 0 N–H and O–H groups in total. The van der Waals surface area contributed by atoms with E-state index in [0.29, 0.717) is 41.8 Å². The summed E-state index contributed by atoms with van der Waals surface area (Å²) in [5, 5.41) is 1.36. The van der Waals surface area contributed by atoms with Gasteiger partial charge in [-0.3, -0.25) is 0 Å². The Balaban J connectivity index is 0.000000166. The highest BCUT2D eigenvalue weighted by atomic mass is 15.2. The van der Waals surface area contributed by atoms with Crippen LogP contribution in [0.3, 0.4) is 0 Å². The van der Waals surface area contributed by atoms with Crippen LogP contribution in [-0.2, 0) is 12.8 Å². The molecule has 0 saturated heterocycles. The summed E-state index contributed by atoms with van der Waals surface area (Å²) in [5.74, 6) is 2.54. The van der Waals surface area contributed by atoms with Gasteiger partial charge in [-0.2, -0.15) is 0 Å². The first-order valence-corrected chi connectivity index (χ1v) is 21.9. The molecular weight excluding hydrogens is 679 g/mol. The lowest BCUT2D eigenvalue weighted by atomic mass is 9.97.